The Balaban J connectivity index is 1.70. The van der Waals surface area contributed by atoms with Gasteiger partial charge in [-0.15, -0.1) is 0 Å². The zero-order valence-corrected chi connectivity index (χ0v) is 54.0. The molecule has 8 bridgehead atoms. The predicted octanol–water partition coefficient (Wildman–Crippen LogP) is -5.72. The Hall–Kier alpha value is 3.30. The van der Waals surface area contributed by atoms with Gasteiger partial charge in [0.15, 0.2) is 0 Å². The van der Waals surface area contributed by atoms with E-state index in [1.807, 2.05) is 36.3 Å². The second-order valence-electron chi connectivity index (χ2n) is 18.2. The molecule has 6 fully saturated rings. The van der Waals surface area contributed by atoms with Crippen molar-refractivity contribution in [3.05, 3.63) is 36.4 Å². The zero-order valence-electron chi connectivity index (χ0n) is 29.0. The van der Waals surface area contributed by atoms with Crippen LogP contribution in [0.5, 0.6) is 0 Å². The first-order valence-electron chi connectivity index (χ1n) is 18.7. The van der Waals surface area contributed by atoms with Crippen LogP contribution in [0.2, 0.25) is 42.3 Å². The molecule has 0 atom stereocenters. The minimum atomic E-state index is -0.910. The monoisotopic (exact) mass is 890 g/mol. The molecule has 0 spiro atoms. The Kier molecular flexibility index (Phi) is 10.5. The fourth-order valence-corrected chi connectivity index (χ4v) is 1840. The molecule has 234 valence electrons. The van der Waals surface area contributed by atoms with Crippen LogP contribution < -0.4 is 5.19 Å². The summed E-state index contributed by atoms with van der Waals surface area (Å²) in [5.41, 5.74) is 1.48. The van der Waals surface area contributed by atoms with E-state index in [-0.39, 0.29) is 0 Å². The van der Waals surface area contributed by atoms with Gasteiger partial charge in [-0.05, 0) is 82.6 Å². The normalized spacial score (nSPS) is 54.6. The first-order valence-corrected chi connectivity index (χ1v) is 92.0. The van der Waals surface area contributed by atoms with Crippen LogP contribution in [-0.4, -0.2) is 156 Å². The van der Waals surface area contributed by atoms with E-state index in [2.05, 4.69) is 96.6 Å². The minimum absolute atomic E-state index is 0.386. The summed E-state index contributed by atoms with van der Waals surface area (Å²) in [6, 6.07) is 25.6. The lowest BCUT2D eigenvalue weighted by Gasteiger charge is -2.68. The van der Waals surface area contributed by atoms with Crippen molar-refractivity contribution in [1.82, 2.24) is 0 Å². The van der Waals surface area contributed by atoms with Crippen LogP contribution in [0.1, 0.15) is 54.0 Å². The summed E-state index contributed by atoms with van der Waals surface area (Å²) in [7, 11) is 5.84. The van der Waals surface area contributed by atoms with Gasteiger partial charge in [-0.2, -0.15) is 0 Å². The first-order chi connectivity index (χ1) is 19.9. The molecular weight excluding hydrogens is 826 g/mol. The highest BCUT2D eigenvalue weighted by Crippen LogP contribution is 2.40. The van der Waals surface area contributed by atoms with E-state index in [9.17, 15) is 0 Å². The summed E-state index contributed by atoms with van der Waals surface area (Å²) in [6.45, 7) is 20.3. The van der Waals surface area contributed by atoms with Crippen molar-refractivity contribution in [2.75, 3.05) is 0 Å². The van der Waals surface area contributed by atoms with Gasteiger partial charge in [0, 0.05) is 78.7 Å². The standard InChI is InChI=1S/C22H66Si20/c1-9-21-17-19-22(20-18-21)42-32-39(14-6)26-36(11-3)23-35(10-2)24-37(12-4,28-39)30-41(16-8,34-42)31-38(13-5,25-35)29-40(15-7,27-36)33-42/h9,17-20H,1,10-16,23-34H2,2-8H3. The topological polar surface area (TPSA) is 0 Å². The molecule has 7 rings (SSSR count). The highest BCUT2D eigenvalue weighted by molar-refractivity contribution is 8.32. The van der Waals surface area contributed by atoms with Crippen LogP contribution in [0.3, 0.4) is 0 Å². The Labute approximate surface area is 290 Å². The maximum absolute atomic E-state index is 4.24. The molecule has 20 heteroatoms. The van der Waals surface area contributed by atoms with Gasteiger partial charge in [0.1, 0.15) is 0 Å². The zero-order chi connectivity index (χ0) is 30.1. The van der Waals surface area contributed by atoms with Crippen molar-refractivity contribution >= 4 is 167 Å². The summed E-state index contributed by atoms with van der Waals surface area (Å²) >= 11 is 0. The summed E-state index contributed by atoms with van der Waals surface area (Å²) in [5, 5.41) is 2.34. The average molecular weight is 892 g/mol. The molecule has 0 unspecified atom stereocenters. The fourth-order valence-electron chi connectivity index (χ4n) is 14.7. The maximum atomic E-state index is 4.24. The van der Waals surface area contributed by atoms with Crippen LogP contribution >= 0.6 is 0 Å². The molecule has 0 radical (unpaired) electrons. The molecule has 6 aliphatic rings. The summed E-state index contributed by atoms with van der Waals surface area (Å²) < 4.78 is 0. The molecule has 1 aromatic carbocycles. The second-order valence-corrected chi connectivity index (χ2v) is 281. The first kappa shape index (κ1) is 35.1. The van der Waals surface area contributed by atoms with E-state index in [0.717, 1.165) is 0 Å². The average Bonchev–Trinajstić information content (AvgIpc) is 2.96. The van der Waals surface area contributed by atoms with Crippen LogP contribution in [0.15, 0.2) is 30.8 Å². The quantitative estimate of drug-likeness (QED) is 0.218. The molecule has 0 N–H and O–H groups in total. The van der Waals surface area contributed by atoms with Crippen molar-refractivity contribution < 1.29 is 0 Å². The van der Waals surface area contributed by atoms with Gasteiger partial charge in [0.05, 0.1) is 0 Å². The molecule has 0 amide bonds. The molecule has 0 aromatic heterocycles. The Morgan fingerprint density at radius 1 is 0.429 bits per heavy atom. The molecule has 6 aliphatic heterocycles. The van der Waals surface area contributed by atoms with E-state index in [1.54, 1.807) is 0 Å². The van der Waals surface area contributed by atoms with E-state index >= 15 is 0 Å². The van der Waals surface area contributed by atoms with Crippen molar-refractivity contribution in [3.8, 4) is 0 Å². The lowest BCUT2D eigenvalue weighted by atomic mass is 10.2. The van der Waals surface area contributed by atoms with E-state index in [4.69, 9.17) is 0 Å². The largest absolute Gasteiger partial charge is 0.0985 e. The third-order valence-electron chi connectivity index (χ3n) is 15.9. The van der Waals surface area contributed by atoms with Crippen molar-refractivity contribution in [3.63, 3.8) is 0 Å². The van der Waals surface area contributed by atoms with Gasteiger partial charge in [0.25, 0.3) is 0 Å². The molecule has 0 nitrogen and oxygen atoms in total. The third kappa shape index (κ3) is 5.93. The van der Waals surface area contributed by atoms with Crippen molar-refractivity contribution in [2.24, 2.45) is 0 Å². The van der Waals surface area contributed by atoms with E-state index in [0.29, 0.717) is 103 Å². The fraction of sp³-hybridized carbons (Fsp3) is 0.636. The van der Waals surface area contributed by atoms with Crippen LogP contribution in [0, 0.1) is 0 Å². The van der Waals surface area contributed by atoms with Gasteiger partial charge in [-0.3, -0.25) is 0 Å². The molecule has 0 aliphatic carbocycles. The van der Waals surface area contributed by atoms with Gasteiger partial charge in [-0.25, -0.2) is 0 Å². The SMILES string of the molecule is C=Cc1ccc([Si]23[SiH2][Si]4(CC)[SiH2][Si]5(CC)[SiH2][Si]6(CC)[SiH2][Si](CC)([SiH2]4)[SiH2][Si](CC)([SiH2][Si](CC)([SiH2]6)[SiH2][Si](CC)([SiH2]5)[SiH2]2)[SiH2]3)cc1. The van der Waals surface area contributed by atoms with Gasteiger partial charge >= 0.3 is 0 Å². The van der Waals surface area contributed by atoms with Gasteiger partial charge in [-0.1, -0.05) is 133 Å². The number of rotatable bonds is 9. The van der Waals surface area contributed by atoms with E-state index in [1.165, 1.54) is 5.56 Å². The summed E-state index contributed by atoms with van der Waals surface area (Å²) in [5.74, 6) is 0. The Bertz CT molecular complexity index is 1070. The Morgan fingerprint density at radius 2 is 0.667 bits per heavy atom. The second kappa shape index (κ2) is 12.6. The third-order valence-corrected chi connectivity index (χ3v) is 618. The van der Waals surface area contributed by atoms with E-state index < -0.39 is 53.0 Å². The van der Waals surface area contributed by atoms with Gasteiger partial charge in [0.2, 0.25) is 0 Å². The van der Waals surface area contributed by atoms with Crippen LogP contribution in [0.4, 0.5) is 0 Å². The molecule has 1 aromatic rings. The summed E-state index contributed by atoms with van der Waals surface area (Å²) in [6.07, 6.45) is 2.20. The van der Waals surface area contributed by atoms with Crippen LogP contribution in [0.25, 0.3) is 6.08 Å². The molecule has 6 heterocycles. The number of benzene rings is 1. The Morgan fingerprint density at radius 3 is 0.881 bits per heavy atom. The number of hydrogen-bond acceptors (Lipinski definition) is 0. The lowest BCUT2D eigenvalue weighted by molar-refractivity contribution is 1.43. The highest BCUT2D eigenvalue weighted by Gasteiger charge is 2.70. The highest BCUT2D eigenvalue weighted by atomic mass is 30.6. The number of hydrogen-bond donors (Lipinski definition) is 0. The van der Waals surface area contributed by atoms with Crippen molar-refractivity contribution in [2.45, 2.75) is 90.8 Å². The smallest absolute Gasteiger partial charge is 0.0405 e. The molecule has 0 saturated carbocycles. The maximum Gasteiger partial charge on any atom is 0.0405 e. The lowest BCUT2D eigenvalue weighted by Crippen LogP contribution is -3.02. The molecule has 42 heavy (non-hydrogen) atoms. The molecular formula is C22H66Si20. The van der Waals surface area contributed by atoms with Crippen LogP contribution in [-0.2, 0) is 0 Å². The minimum Gasteiger partial charge on any atom is -0.0985 e. The predicted molar refractivity (Wildman–Crippen MR) is 258 cm³/mol. The molecule has 6 saturated heterocycles. The summed E-state index contributed by atoms with van der Waals surface area (Å²) in [4.78, 5) is 0. The van der Waals surface area contributed by atoms with Gasteiger partial charge < -0.3 is 0 Å². The van der Waals surface area contributed by atoms with Crippen molar-refractivity contribution in [1.29, 1.82) is 0 Å².